The number of hydrogen-bond donors (Lipinski definition) is 1. The summed E-state index contributed by atoms with van der Waals surface area (Å²) in [5.41, 5.74) is 0.186. The Morgan fingerprint density at radius 2 is 2.36 bits per heavy atom. The molecule has 1 heterocycles. The van der Waals surface area contributed by atoms with Gasteiger partial charge >= 0.3 is 0 Å². The summed E-state index contributed by atoms with van der Waals surface area (Å²) in [4.78, 5) is 2.43. The number of rotatable bonds is 3. The van der Waals surface area contributed by atoms with Crippen LogP contribution in [0.15, 0.2) is 0 Å². The van der Waals surface area contributed by atoms with E-state index in [4.69, 9.17) is 5.11 Å². The topological polar surface area (TPSA) is 23.5 Å². The standard InChI is InChI=1S/C8H16INO/c1-8(7-11)2-4-10(6-8)5-3-9/h11H,2-7H2,1H3. The van der Waals surface area contributed by atoms with Crippen molar-refractivity contribution in [2.24, 2.45) is 5.41 Å². The lowest BCUT2D eigenvalue weighted by Crippen LogP contribution is -2.28. The van der Waals surface area contributed by atoms with Crippen molar-refractivity contribution in [1.82, 2.24) is 4.90 Å². The van der Waals surface area contributed by atoms with E-state index in [1.54, 1.807) is 0 Å². The van der Waals surface area contributed by atoms with Gasteiger partial charge in [0.05, 0.1) is 0 Å². The van der Waals surface area contributed by atoms with E-state index in [1.165, 1.54) is 17.5 Å². The maximum Gasteiger partial charge on any atom is 0.0497 e. The van der Waals surface area contributed by atoms with Gasteiger partial charge in [0.25, 0.3) is 0 Å². The first-order chi connectivity index (χ1) is 5.20. The monoisotopic (exact) mass is 269 g/mol. The zero-order chi connectivity index (χ0) is 8.32. The fourth-order valence-electron chi connectivity index (χ4n) is 1.57. The number of nitrogens with zero attached hydrogens (tertiary/aromatic N) is 1. The first-order valence-electron chi connectivity index (χ1n) is 4.09. The molecular weight excluding hydrogens is 253 g/mol. The molecule has 2 nitrogen and oxygen atoms in total. The number of hydrogen-bond acceptors (Lipinski definition) is 2. The normalized spacial score (nSPS) is 33.0. The van der Waals surface area contributed by atoms with Crippen LogP contribution in [-0.2, 0) is 0 Å². The quantitative estimate of drug-likeness (QED) is 0.613. The lowest BCUT2D eigenvalue weighted by molar-refractivity contribution is 0.147. The minimum Gasteiger partial charge on any atom is -0.396 e. The molecule has 0 aromatic heterocycles. The SMILES string of the molecule is CC1(CO)CCN(CCI)C1. The fourth-order valence-corrected chi connectivity index (χ4v) is 2.25. The lowest BCUT2D eigenvalue weighted by Gasteiger charge is -2.21. The Hall–Kier alpha value is 0.650. The van der Waals surface area contributed by atoms with Gasteiger partial charge < -0.3 is 10.0 Å². The van der Waals surface area contributed by atoms with E-state index in [9.17, 15) is 0 Å². The molecule has 1 unspecified atom stereocenters. The average Bonchev–Trinajstić information content (AvgIpc) is 2.35. The Morgan fingerprint density at radius 1 is 1.64 bits per heavy atom. The highest BCUT2D eigenvalue weighted by molar-refractivity contribution is 14.1. The molecular formula is C8H16INO. The van der Waals surface area contributed by atoms with Crippen molar-refractivity contribution in [2.45, 2.75) is 13.3 Å². The van der Waals surface area contributed by atoms with Gasteiger partial charge in [-0.15, -0.1) is 0 Å². The largest absolute Gasteiger partial charge is 0.396 e. The van der Waals surface area contributed by atoms with Crippen molar-refractivity contribution < 1.29 is 5.11 Å². The number of alkyl halides is 1. The van der Waals surface area contributed by atoms with Crippen LogP contribution in [0.2, 0.25) is 0 Å². The van der Waals surface area contributed by atoms with Crippen LogP contribution in [0.25, 0.3) is 0 Å². The maximum atomic E-state index is 9.08. The van der Waals surface area contributed by atoms with Gasteiger partial charge in [0.2, 0.25) is 0 Å². The highest BCUT2D eigenvalue weighted by Gasteiger charge is 2.32. The number of aliphatic hydroxyl groups is 1. The van der Waals surface area contributed by atoms with Gasteiger partial charge in [-0.05, 0) is 13.0 Å². The van der Waals surface area contributed by atoms with Gasteiger partial charge in [0.1, 0.15) is 0 Å². The molecule has 1 fully saturated rings. The molecule has 1 aliphatic heterocycles. The molecule has 0 aromatic rings. The van der Waals surface area contributed by atoms with Crippen molar-refractivity contribution in [1.29, 1.82) is 0 Å². The molecule has 1 aliphatic rings. The molecule has 0 radical (unpaired) electrons. The molecule has 0 aromatic carbocycles. The second kappa shape index (κ2) is 4.05. The molecule has 1 N–H and O–H groups in total. The van der Waals surface area contributed by atoms with Crippen molar-refractivity contribution in [3.8, 4) is 0 Å². The first kappa shape index (κ1) is 9.74. The van der Waals surface area contributed by atoms with Crippen molar-refractivity contribution in [3.63, 3.8) is 0 Å². The summed E-state index contributed by atoms with van der Waals surface area (Å²) >= 11 is 2.40. The summed E-state index contributed by atoms with van der Waals surface area (Å²) in [7, 11) is 0. The molecule has 66 valence electrons. The van der Waals surface area contributed by atoms with E-state index in [0.29, 0.717) is 6.61 Å². The van der Waals surface area contributed by atoms with E-state index in [1.807, 2.05) is 0 Å². The lowest BCUT2D eigenvalue weighted by atomic mass is 9.91. The fraction of sp³-hybridized carbons (Fsp3) is 1.00. The second-order valence-corrected chi connectivity index (χ2v) is 4.76. The Kier molecular flexibility index (Phi) is 3.58. The van der Waals surface area contributed by atoms with Crippen molar-refractivity contribution in [2.75, 3.05) is 30.7 Å². The molecule has 0 saturated carbocycles. The molecule has 3 heteroatoms. The van der Waals surface area contributed by atoms with Gasteiger partial charge in [0.15, 0.2) is 0 Å². The minimum absolute atomic E-state index is 0.186. The summed E-state index contributed by atoms with van der Waals surface area (Å²) in [5.74, 6) is 0. The second-order valence-electron chi connectivity index (χ2n) is 3.68. The van der Waals surface area contributed by atoms with E-state index in [0.717, 1.165) is 13.0 Å². The van der Waals surface area contributed by atoms with Crippen LogP contribution in [0.1, 0.15) is 13.3 Å². The summed E-state index contributed by atoms with van der Waals surface area (Å²) in [5, 5.41) is 9.08. The van der Waals surface area contributed by atoms with Crippen LogP contribution in [0, 0.1) is 5.41 Å². The Balaban J connectivity index is 2.33. The smallest absolute Gasteiger partial charge is 0.0497 e. The van der Waals surface area contributed by atoms with Crippen LogP contribution in [-0.4, -0.2) is 40.7 Å². The van der Waals surface area contributed by atoms with Gasteiger partial charge in [-0.1, -0.05) is 29.5 Å². The summed E-state index contributed by atoms with van der Waals surface area (Å²) in [6, 6.07) is 0. The highest BCUT2D eigenvalue weighted by atomic mass is 127. The van der Waals surface area contributed by atoms with Gasteiger partial charge in [0, 0.05) is 29.5 Å². The summed E-state index contributed by atoms with van der Waals surface area (Å²) in [6.45, 7) is 5.92. The zero-order valence-corrected chi connectivity index (χ0v) is 9.17. The molecule has 0 amide bonds. The highest BCUT2D eigenvalue weighted by Crippen LogP contribution is 2.28. The van der Waals surface area contributed by atoms with E-state index in [2.05, 4.69) is 34.4 Å². The Labute approximate surface area is 82.1 Å². The van der Waals surface area contributed by atoms with E-state index in [-0.39, 0.29) is 5.41 Å². The minimum atomic E-state index is 0.186. The third-order valence-corrected chi connectivity index (χ3v) is 2.90. The predicted octanol–water partition coefficient (Wildman–Crippen LogP) is 1.13. The molecule has 11 heavy (non-hydrogen) atoms. The molecule has 0 bridgehead atoms. The number of halogens is 1. The van der Waals surface area contributed by atoms with Crippen LogP contribution in [0.4, 0.5) is 0 Å². The summed E-state index contributed by atoms with van der Waals surface area (Å²) < 4.78 is 1.19. The third-order valence-electron chi connectivity index (χ3n) is 2.42. The van der Waals surface area contributed by atoms with Crippen LogP contribution in [0.5, 0.6) is 0 Å². The number of likely N-dealkylation sites (tertiary alicyclic amines) is 1. The maximum absolute atomic E-state index is 9.08. The van der Waals surface area contributed by atoms with Crippen LogP contribution in [0.3, 0.4) is 0 Å². The zero-order valence-electron chi connectivity index (χ0n) is 7.02. The van der Waals surface area contributed by atoms with Gasteiger partial charge in [-0.3, -0.25) is 0 Å². The van der Waals surface area contributed by atoms with E-state index >= 15 is 0 Å². The third kappa shape index (κ3) is 2.56. The predicted molar refractivity (Wildman–Crippen MR) is 55.1 cm³/mol. The van der Waals surface area contributed by atoms with Crippen LogP contribution >= 0.6 is 22.6 Å². The number of aliphatic hydroxyl groups excluding tert-OH is 1. The summed E-state index contributed by atoms with van der Waals surface area (Å²) in [6.07, 6.45) is 1.15. The Bertz CT molecular complexity index is 131. The molecule has 0 aliphatic carbocycles. The molecule has 1 saturated heterocycles. The Morgan fingerprint density at radius 3 is 2.82 bits per heavy atom. The molecule has 1 atom stereocenters. The first-order valence-corrected chi connectivity index (χ1v) is 5.62. The average molecular weight is 269 g/mol. The van der Waals surface area contributed by atoms with Crippen LogP contribution < -0.4 is 0 Å². The van der Waals surface area contributed by atoms with Gasteiger partial charge in [-0.25, -0.2) is 0 Å². The molecule has 0 spiro atoms. The van der Waals surface area contributed by atoms with E-state index < -0.39 is 0 Å². The van der Waals surface area contributed by atoms with Gasteiger partial charge in [-0.2, -0.15) is 0 Å². The van der Waals surface area contributed by atoms with Crippen molar-refractivity contribution in [3.05, 3.63) is 0 Å². The van der Waals surface area contributed by atoms with Crippen molar-refractivity contribution >= 4 is 22.6 Å². The molecule has 1 rings (SSSR count).